The van der Waals surface area contributed by atoms with Crippen LogP contribution < -0.4 is 10.2 Å². The molecule has 10 heteroatoms. The number of anilines is 2. The van der Waals surface area contributed by atoms with Crippen molar-refractivity contribution >= 4 is 74.2 Å². The first-order chi connectivity index (χ1) is 16.6. The first-order valence-electron chi connectivity index (χ1n) is 11.1. The number of hydrogen-bond acceptors (Lipinski definition) is 5. The molecule has 4 atom stereocenters. The highest BCUT2D eigenvalue weighted by Crippen LogP contribution is 2.43. The number of ether oxygens (including phenoxy) is 1. The lowest BCUT2D eigenvalue weighted by Gasteiger charge is -2.28. The van der Waals surface area contributed by atoms with E-state index in [-0.39, 0.29) is 28.1 Å². The molecule has 0 spiro atoms. The summed E-state index contributed by atoms with van der Waals surface area (Å²) in [5.74, 6) is -2.74. The SMILES string of the molecule is Cc1cc(NC(=O)COC(=O)c2ccc(N3C(=O)[C@@H]4C[C@@H](Cl)[C@@H](Cl)C[C@H]4C3=O)cc2)c(C)cc1Br. The number of alkyl halides is 2. The van der Waals surface area contributed by atoms with E-state index in [1.54, 1.807) is 0 Å². The molecule has 2 aliphatic rings. The minimum absolute atomic E-state index is 0.190. The number of halogens is 3. The van der Waals surface area contributed by atoms with Crippen molar-refractivity contribution in [3.05, 3.63) is 57.6 Å². The molecule has 0 unspecified atom stereocenters. The number of carbonyl (C=O) groups excluding carboxylic acids is 4. The lowest BCUT2D eigenvalue weighted by molar-refractivity contribution is -0.122. The predicted molar refractivity (Wildman–Crippen MR) is 137 cm³/mol. The second kappa shape index (κ2) is 10.3. The molecule has 1 aliphatic carbocycles. The van der Waals surface area contributed by atoms with Crippen molar-refractivity contribution in [3.63, 3.8) is 0 Å². The van der Waals surface area contributed by atoms with Crippen LogP contribution in [0.5, 0.6) is 0 Å². The first-order valence-corrected chi connectivity index (χ1v) is 12.7. The Morgan fingerprint density at radius 1 is 1.00 bits per heavy atom. The Balaban J connectivity index is 1.37. The molecule has 0 radical (unpaired) electrons. The molecule has 1 saturated carbocycles. The Bertz CT molecular complexity index is 1180. The summed E-state index contributed by atoms with van der Waals surface area (Å²) >= 11 is 15.9. The average molecular weight is 582 g/mol. The van der Waals surface area contributed by atoms with Crippen molar-refractivity contribution in [3.8, 4) is 0 Å². The fourth-order valence-corrected chi connectivity index (χ4v) is 5.46. The molecule has 3 amide bonds. The summed E-state index contributed by atoms with van der Waals surface area (Å²) in [6.07, 6.45) is 0.709. The molecular weight excluding hydrogens is 559 g/mol. The largest absolute Gasteiger partial charge is 0.452 e. The second-order valence-electron chi connectivity index (χ2n) is 8.82. The van der Waals surface area contributed by atoms with E-state index in [1.165, 1.54) is 24.3 Å². The standard InChI is InChI=1S/C25H23BrCl2N2O5/c1-12-8-21(13(2)7-18(12)26)29-22(31)11-35-25(34)14-3-5-15(6-4-14)30-23(32)16-9-19(27)20(28)10-17(16)24(30)33/h3-8,16-17,19-20H,9-11H2,1-2H3,(H,29,31)/t16-,17-,19-,20+/m1/s1. The zero-order chi connectivity index (χ0) is 25.4. The number of benzene rings is 2. The number of aryl methyl sites for hydroxylation is 2. The smallest absolute Gasteiger partial charge is 0.338 e. The van der Waals surface area contributed by atoms with E-state index in [0.717, 1.165) is 20.5 Å². The van der Waals surface area contributed by atoms with Crippen LogP contribution in [0.15, 0.2) is 40.9 Å². The van der Waals surface area contributed by atoms with Gasteiger partial charge in [0.05, 0.1) is 33.8 Å². The van der Waals surface area contributed by atoms with Crippen molar-refractivity contribution in [2.75, 3.05) is 16.8 Å². The molecule has 0 aromatic heterocycles. The van der Waals surface area contributed by atoms with Gasteiger partial charge in [-0.2, -0.15) is 0 Å². The topological polar surface area (TPSA) is 92.8 Å². The molecule has 1 saturated heterocycles. The zero-order valence-corrected chi connectivity index (χ0v) is 22.1. The molecule has 2 fully saturated rings. The highest BCUT2D eigenvalue weighted by atomic mass is 79.9. The van der Waals surface area contributed by atoms with Crippen molar-refractivity contribution in [1.29, 1.82) is 0 Å². The summed E-state index contributed by atoms with van der Waals surface area (Å²) in [4.78, 5) is 51.6. The van der Waals surface area contributed by atoms with Gasteiger partial charge in [0.2, 0.25) is 11.8 Å². The highest BCUT2D eigenvalue weighted by molar-refractivity contribution is 9.10. The first kappa shape index (κ1) is 25.7. The maximum Gasteiger partial charge on any atom is 0.338 e. The van der Waals surface area contributed by atoms with Gasteiger partial charge < -0.3 is 10.1 Å². The second-order valence-corrected chi connectivity index (χ2v) is 10.8. The molecule has 2 aromatic rings. The number of nitrogens with one attached hydrogen (secondary N) is 1. The number of fused-ring (bicyclic) bond motifs is 1. The fourth-order valence-electron chi connectivity index (χ4n) is 4.41. The van der Waals surface area contributed by atoms with Gasteiger partial charge in [-0.1, -0.05) is 15.9 Å². The van der Waals surface area contributed by atoms with Crippen LogP contribution in [-0.4, -0.2) is 41.1 Å². The lowest BCUT2D eigenvalue weighted by atomic mass is 9.80. The van der Waals surface area contributed by atoms with Gasteiger partial charge in [-0.25, -0.2) is 4.79 Å². The Kier molecular flexibility index (Phi) is 7.54. The zero-order valence-electron chi connectivity index (χ0n) is 19.0. The van der Waals surface area contributed by atoms with Gasteiger partial charge >= 0.3 is 5.97 Å². The molecule has 35 heavy (non-hydrogen) atoms. The normalized spacial score (nSPS) is 23.7. The number of rotatable bonds is 5. The minimum atomic E-state index is -0.696. The third kappa shape index (κ3) is 5.25. The summed E-state index contributed by atoms with van der Waals surface area (Å²) in [7, 11) is 0. The summed E-state index contributed by atoms with van der Waals surface area (Å²) in [5, 5.41) is 2.01. The molecule has 1 heterocycles. The van der Waals surface area contributed by atoms with E-state index in [9.17, 15) is 19.2 Å². The number of hydrogen-bond donors (Lipinski definition) is 1. The van der Waals surface area contributed by atoms with E-state index in [0.29, 0.717) is 24.2 Å². The Morgan fingerprint density at radius 2 is 1.57 bits per heavy atom. The van der Waals surface area contributed by atoms with Crippen molar-refractivity contribution in [1.82, 2.24) is 0 Å². The maximum absolute atomic E-state index is 12.9. The molecule has 2 aromatic carbocycles. The van der Waals surface area contributed by atoms with Crippen LogP contribution in [0, 0.1) is 25.7 Å². The molecule has 7 nitrogen and oxygen atoms in total. The lowest BCUT2D eigenvalue weighted by Crippen LogP contribution is -2.34. The minimum Gasteiger partial charge on any atom is -0.452 e. The van der Waals surface area contributed by atoms with Gasteiger partial charge in [-0.15, -0.1) is 23.2 Å². The Labute approximate surface area is 221 Å². The van der Waals surface area contributed by atoms with Crippen LogP contribution in [0.2, 0.25) is 0 Å². The van der Waals surface area contributed by atoms with Crippen LogP contribution >= 0.6 is 39.1 Å². The van der Waals surface area contributed by atoms with Crippen LogP contribution in [0.3, 0.4) is 0 Å². The molecular formula is C25H23BrCl2N2O5. The van der Waals surface area contributed by atoms with Crippen LogP contribution in [0.25, 0.3) is 0 Å². The average Bonchev–Trinajstić information content (AvgIpc) is 3.05. The van der Waals surface area contributed by atoms with E-state index in [1.807, 2.05) is 26.0 Å². The maximum atomic E-state index is 12.9. The Morgan fingerprint density at radius 3 is 2.14 bits per heavy atom. The van der Waals surface area contributed by atoms with Gasteiger partial charge in [-0.3, -0.25) is 19.3 Å². The Hall–Kier alpha value is -2.42. The number of amides is 3. The monoisotopic (exact) mass is 580 g/mol. The molecule has 0 bridgehead atoms. The third-order valence-electron chi connectivity index (χ3n) is 6.39. The van der Waals surface area contributed by atoms with Gasteiger partial charge in [0, 0.05) is 10.2 Å². The van der Waals surface area contributed by atoms with Gasteiger partial charge in [0.25, 0.3) is 5.91 Å². The highest BCUT2D eigenvalue weighted by Gasteiger charge is 2.52. The molecule has 184 valence electrons. The summed E-state index contributed by atoms with van der Waals surface area (Å²) in [6, 6.07) is 9.65. The van der Waals surface area contributed by atoms with E-state index in [4.69, 9.17) is 27.9 Å². The molecule has 1 aliphatic heterocycles. The van der Waals surface area contributed by atoms with Crippen LogP contribution in [0.4, 0.5) is 11.4 Å². The predicted octanol–water partition coefficient (Wildman–Crippen LogP) is 4.98. The van der Waals surface area contributed by atoms with Gasteiger partial charge in [0.1, 0.15) is 0 Å². The van der Waals surface area contributed by atoms with E-state index in [2.05, 4.69) is 21.2 Å². The summed E-state index contributed by atoms with van der Waals surface area (Å²) in [5.41, 5.74) is 3.02. The van der Waals surface area contributed by atoms with Crippen molar-refractivity contribution in [2.24, 2.45) is 11.8 Å². The van der Waals surface area contributed by atoms with E-state index >= 15 is 0 Å². The molecule has 1 N–H and O–H groups in total. The van der Waals surface area contributed by atoms with Crippen LogP contribution in [0.1, 0.15) is 34.3 Å². The number of nitrogens with zero attached hydrogens (tertiary/aromatic N) is 1. The van der Waals surface area contributed by atoms with Gasteiger partial charge in [-0.05, 0) is 74.2 Å². The summed E-state index contributed by atoms with van der Waals surface area (Å²) < 4.78 is 6.06. The van der Waals surface area contributed by atoms with Gasteiger partial charge in [0.15, 0.2) is 6.61 Å². The fraction of sp³-hybridized carbons (Fsp3) is 0.360. The van der Waals surface area contributed by atoms with Crippen molar-refractivity contribution in [2.45, 2.75) is 37.4 Å². The third-order valence-corrected chi connectivity index (χ3v) is 8.33. The molecule has 4 rings (SSSR count). The van der Waals surface area contributed by atoms with Crippen LogP contribution in [-0.2, 0) is 19.1 Å². The quantitative estimate of drug-likeness (QED) is 0.305. The van der Waals surface area contributed by atoms with E-state index < -0.39 is 30.3 Å². The summed E-state index contributed by atoms with van der Waals surface area (Å²) in [6.45, 7) is 3.31. The number of carbonyl (C=O) groups is 4. The number of imide groups is 1. The number of esters is 1. The van der Waals surface area contributed by atoms with Crippen molar-refractivity contribution < 1.29 is 23.9 Å².